The number of hydrogen-bond donors (Lipinski definition) is 4. The Labute approximate surface area is 280 Å². The number of amides is 5. The fraction of sp³-hybridized carbons (Fsp3) is 0.690. The Kier molecular flexibility index (Phi) is 14.8. The van der Waals surface area contributed by atoms with Crippen LogP contribution in [0, 0.1) is 5.92 Å². The zero-order valence-electron chi connectivity index (χ0n) is 28.3. The highest BCUT2D eigenvalue weighted by Crippen LogP contribution is 2.26. The molecule has 17 heteroatoms. The Morgan fingerprint density at radius 2 is 1.33 bits per heavy atom. The average Bonchev–Trinajstić information content (AvgIpc) is 3.26. The van der Waals surface area contributed by atoms with Gasteiger partial charge in [-0.3, -0.25) is 14.3 Å². The molecule has 4 N–H and O–H groups in total. The van der Waals surface area contributed by atoms with Crippen molar-refractivity contribution in [2.45, 2.75) is 122 Å². The van der Waals surface area contributed by atoms with Crippen LogP contribution in [0.4, 0.5) is 14.4 Å². The van der Waals surface area contributed by atoms with Crippen LogP contribution in [0.3, 0.4) is 0 Å². The molecule has 262 valence electrons. The van der Waals surface area contributed by atoms with E-state index < -0.39 is 68.9 Å². The van der Waals surface area contributed by atoms with Gasteiger partial charge in [-0.1, -0.05) is 25.4 Å². The highest BCUT2D eigenvalue weighted by atomic mass is 35.5. The van der Waals surface area contributed by atoms with Crippen LogP contribution in [0.5, 0.6) is 0 Å². The van der Waals surface area contributed by atoms with Crippen molar-refractivity contribution in [2.75, 3.05) is 6.54 Å². The maximum atomic E-state index is 14.3. The molecule has 0 aliphatic carbocycles. The number of nitrogens with one attached hydrogen (secondary N) is 4. The molecule has 0 spiro atoms. The number of halogens is 1. The monoisotopic (exact) mass is 709 g/mol. The van der Waals surface area contributed by atoms with Crippen LogP contribution in [0.2, 0.25) is 5.02 Å². The van der Waals surface area contributed by atoms with Crippen molar-refractivity contribution < 1.29 is 42.4 Å². The predicted molar refractivity (Wildman–Crippen MR) is 176 cm³/mol. The molecule has 0 aliphatic heterocycles. The molecule has 0 fully saturated rings. The van der Waals surface area contributed by atoms with Gasteiger partial charge in [0.2, 0.25) is 0 Å². The van der Waals surface area contributed by atoms with Crippen molar-refractivity contribution in [3.05, 3.63) is 16.5 Å². The maximum Gasteiger partial charge on any atom is 0.408 e. The maximum absolute atomic E-state index is 14.3. The van der Waals surface area contributed by atoms with E-state index in [9.17, 15) is 28.2 Å². The topological polar surface area (TPSA) is 191 Å². The lowest BCUT2D eigenvalue weighted by molar-refractivity contribution is -0.121. The van der Waals surface area contributed by atoms with Gasteiger partial charge in [0.25, 0.3) is 11.8 Å². The average molecular weight is 710 g/mol. The minimum Gasteiger partial charge on any atom is -0.444 e. The summed E-state index contributed by atoms with van der Waals surface area (Å²) in [6.45, 7) is 18.4. The number of alkyl carbamates (subject to hydrolysis) is 3. The molecule has 5 amide bonds. The Balaban J connectivity index is 3.45. The van der Waals surface area contributed by atoms with Crippen molar-refractivity contribution in [2.24, 2.45) is 10.3 Å². The number of ether oxygens (including phenoxy) is 3. The van der Waals surface area contributed by atoms with Crippen LogP contribution in [0.1, 0.15) is 89.0 Å². The van der Waals surface area contributed by atoms with Crippen molar-refractivity contribution in [1.29, 1.82) is 0 Å². The van der Waals surface area contributed by atoms with E-state index >= 15 is 0 Å². The normalized spacial score (nSPS) is 14.6. The number of rotatable bonds is 11. The van der Waals surface area contributed by atoms with Gasteiger partial charge in [0.15, 0.2) is 9.92 Å². The molecule has 0 aromatic carbocycles. The van der Waals surface area contributed by atoms with Gasteiger partial charge in [-0.15, -0.1) is 15.7 Å². The van der Waals surface area contributed by atoms with Gasteiger partial charge >= 0.3 is 18.3 Å². The number of nitrogens with zero attached hydrogens (tertiary/aromatic N) is 1. The Bertz CT molecular complexity index is 1370. The molecule has 0 aliphatic rings. The van der Waals surface area contributed by atoms with Gasteiger partial charge in [-0.25, -0.2) is 18.6 Å². The van der Waals surface area contributed by atoms with Crippen molar-refractivity contribution in [3.63, 3.8) is 0 Å². The van der Waals surface area contributed by atoms with Crippen LogP contribution in [-0.2, 0) is 33.7 Å². The van der Waals surface area contributed by atoms with Crippen LogP contribution >= 0.6 is 22.9 Å². The Morgan fingerprint density at radius 3 is 1.76 bits per heavy atom. The molecule has 0 saturated heterocycles. The van der Waals surface area contributed by atoms with Gasteiger partial charge in [0.05, 0.1) is 5.02 Å². The first-order valence-electron chi connectivity index (χ1n) is 14.6. The predicted octanol–water partition coefficient (Wildman–Crippen LogP) is 5.53. The van der Waals surface area contributed by atoms with E-state index in [-0.39, 0.29) is 34.5 Å². The van der Waals surface area contributed by atoms with Crippen LogP contribution in [-0.4, -0.2) is 69.7 Å². The molecule has 1 rings (SSSR count). The minimum atomic E-state index is -4.06. The molecular weight excluding hydrogens is 662 g/mol. The Morgan fingerprint density at radius 1 is 0.848 bits per heavy atom. The molecule has 0 bridgehead atoms. The van der Waals surface area contributed by atoms with Crippen LogP contribution in [0.15, 0.2) is 20.0 Å². The zero-order valence-corrected chi connectivity index (χ0v) is 30.7. The lowest BCUT2D eigenvalue weighted by Gasteiger charge is -2.24. The summed E-state index contributed by atoms with van der Waals surface area (Å²) in [5.41, 5.74) is -2.53. The second-order valence-electron chi connectivity index (χ2n) is 13.8. The molecule has 1 aromatic rings. The quantitative estimate of drug-likeness (QED) is 0.214. The van der Waals surface area contributed by atoms with Gasteiger partial charge in [0.1, 0.15) is 33.1 Å². The van der Waals surface area contributed by atoms with Gasteiger partial charge in [-0.05, 0) is 87.1 Å². The smallest absolute Gasteiger partial charge is 0.408 e. The van der Waals surface area contributed by atoms with Gasteiger partial charge < -0.3 is 30.2 Å². The first-order chi connectivity index (χ1) is 20.8. The summed E-state index contributed by atoms with van der Waals surface area (Å²) in [5.74, 6) is -2.08. The Hall–Kier alpha value is -3.11. The molecule has 46 heavy (non-hydrogen) atoms. The number of carbonyl (C=O) groups excluding carboxylic acids is 5. The third-order valence-corrected chi connectivity index (χ3v) is 8.69. The molecule has 14 nitrogen and oxygen atoms in total. The number of carbonyl (C=O) groups is 5. The SMILES string of the molecule is CC(C)C[C@H](NC(=O)OC(C)(C)C)C(=O)N=S(=O)(NC(=O)[C@@H](CCNC(=O)OC(C)(C)C)NC(=O)OC(C)(C)C)c1cc(Cl)cs1. The highest BCUT2D eigenvalue weighted by Gasteiger charge is 2.31. The minimum absolute atomic E-state index is 0.0531. The lowest BCUT2D eigenvalue weighted by atomic mass is 10.0. The summed E-state index contributed by atoms with van der Waals surface area (Å²) in [6.07, 6.45) is -2.65. The van der Waals surface area contributed by atoms with Crippen LogP contribution in [0.25, 0.3) is 0 Å². The van der Waals surface area contributed by atoms with E-state index in [0.717, 1.165) is 11.3 Å². The number of thiophene rings is 1. The molecule has 3 atom stereocenters. The highest BCUT2D eigenvalue weighted by molar-refractivity contribution is 7.94. The van der Waals surface area contributed by atoms with E-state index in [1.165, 1.54) is 11.4 Å². The summed E-state index contributed by atoms with van der Waals surface area (Å²) < 4.78 is 36.2. The van der Waals surface area contributed by atoms with E-state index in [4.69, 9.17) is 25.8 Å². The van der Waals surface area contributed by atoms with Gasteiger partial charge in [-0.2, -0.15) is 0 Å². The van der Waals surface area contributed by atoms with E-state index in [2.05, 4.69) is 25.0 Å². The first-order valence-corrected chi connectivity index (χ1v) is 17.4. The van der Waals surface area contributed by atoms with Crippen molar-refractivity contribution >= 4 is 62.9 Å². The molecule has 1 aromatic heterocycles. The fourth-order valence-electron chi connectivity index (χ4n) is 3.45. The summed E-state index contributed by atoms with van der Waals surface area (Å²) in [4.78, 5) is 64.4. The summed E-state index contributed by atoms with van der Waals surface area (Å²) in [5, 5.41) is 9.00. The molecule has 1 heterocycles. The summed E-state index contributed by atoms with van der Waals surface area (Å²) in [6, 6.07) is -1.36. The fourth-order valence-corrected chi connectivity index (χ4v) is 6.54. The second-order valence-corrected chi connectivity index (χ2v) is 17.2. The van der Waals surface area contributed by atoms with Crippen LogP contribution < -0.4 is 20.7 Å². The third kappa shape index (κ3) is 16.5. The summed E-state index contributed by atoms with van der Waals surface area (Å²) in [7, 11) is -4.06. The summed E-state index contributed by atoms with van der Waals surface area (Å²) >= 11 is 6.97. The second kappa shape index (κ2) is 16.6. The van der Waals surface area contributed by atoms with Crippen molar-refractivity contribution in [1.82, 2.24) is 20.7 Å². The standard InChI is InChI=1S/C29H48ClN5O9S2/c1-17(2)14-20(33-26(40)44-29(9,10)11)23(37)35-46(41,21-15-18(30)16-45-21)34-22(36)19(32-25(39)43-28(6,7)8)12-13-31-24(38)42-27(3,4)5/h15-17,19-20H,12-14H2,1-11H3,(H,31,38)(H,32,39)(H,33,40)(H,34,35,36,37,41)/t19-,20+,46?/m1/s1. The molecule has 1 unspecified atom stereocenters. The molecule has 0 saturated carbocycles. The van der Waals surface area contributed by atoms with E-state index in [1.807, 2.05) is 13.8 Å². The number of hydrogen-bond acceptors (Lipinski definition) is 10. The van der Waals surface area contributed by atoms with Crippen molar-refractivity contribution in [3.8, 4) is 0 Å². The van der Waals surface area contributed by atoms with E-state index in [1.54, 1.807) is 62.3 Å². The molecular formula is C29H48ClN5O9S2. The zero-order chi connectivity index (χ0) is 35.7. The van der Waals surface area contributed by atoms with E-state index in [0.29, 0.717) is 0 Å². The lowest BCUT2D eigenvalue weighted by Crippen LogP contribution is -2.51. The largest absolute Gasteiger partial charge is 0.444 e. The molecule has 0 radical (unpaired) electrons. The third-order valence-electron chi connectivity index (χ3n) is 5.08. The first kappa shape index (κ1) is 40.9. The van der Waals surface area contributed by atoms with Gasteiger partial charge in [0, 0.05) is 11.9 Å².